The summed E-state index contributed by atoms with van der Waals surface area (Å²) in [5, 5.41) is 14.8. The van der Waals surface area contributed by atoms with Crippen molar-refractivity contribution in [1.82, 2.24) is 14.5 Å². The fourth-order valence-electron chi connectivity index (χ4n) is 4.70. The molecule has 2 atom stereocenters. The smallest absolute Gasteiger partial charge is 0.260 e. The zero-order valence-electron chi connectivity index (χ0n) is 19.4. The maximum atomic E-state index is 13.5. The summed E-state index contributed by atoms with van der Waals surface area (Å²) in [6.45, 7) is 4.45. The molecule has 0 amide bonds. The SMILES string of the molecule is COc1cc(C=C2CC(C)CN3C2=NOC3(CO)c2ccc(F)cc2)ccc1-n1cnc(C)c1. The van der Waals surface area contributed by atoms with E-state index >= 15 is 0 Å². The average molecular weight is 463 g/mol. The molecule has 34 heavy (non-hydrogen) atoms. The van der Waals surface area contributed by atoms with E-state index in [-0.39, 0.29) is 12.4 Å². The van der Waals surface area contributed by atoms with Crippen LogP contribution in [0.25, 0.3) is 11.8 Å². The van der Waals surface area contributed by atoms with E-state index in [1.54, 1.807) is 25.6 Å². The third-order valence-electron chi connectivity index (χ3n) is 6.37. The first kappa shape index (κ1) is 22.2. The normalized spacial score (nSPS) is 23.0. The van der Waals surface area contributed by atoms with Gasteiger partial charge in [-0.05, 0) is 72.9 Å². The van der Waals surface area contributed by atoms with Crippen molar-refractivity contribution in [3.8, 4) is 11.4 Å². The van der Waals surface area contributed by atoms with Gasteiger partial charge >= 0.3 is 0 Å². The largest absolute Gasteiger partial charge is 0.495 e. The van der Waals surface area contributed by atoms with Gasteiger partial charge in [0.2, 0.25) is 0 Å². The highest BCUT2D eigenvalue weighted by molar-refractivity contribution is 6.03. The minimum Gasteiger partial charge on any atom is -0.495 e. The van der Waals surface area contributed by atoms with E-state index < -0.39 is 5.72 Å². The molecule has 2 aliphatic rings. The van der Waals surface area contributed by atoms with Crippen molar-refractivity contribution in [3.05, 3.63) is 83.2 Å². The van der Waals surface area contributed by atoms with E-state index in [2.05, 4.69) is 23.1 Å². The van der Waals surface area contributed by atoms with Gasteiger partial charge in [-0.2, -0.15) is 0 Å². The highest BCUT2D eigenvalue weighted by atomic mass is 19.1. The van der Waals surface area contributed by atoms with Crippen molar-refractivity contribution in [2.24, 2.45) is 11.1 Å². The molecular weight excluding hydrogens is 435 g/mol. The molecule has 1 N–H and O–H groups in total. The Hall–Kier alpha value is -3.65. The number of aromatic nitrogens is 2. The van der Waals surface area contributed by atoms with Gasteiger partial charge in [0.15, 0.2) is 5.84 Å². The Morgan fingerprint density at radius 2 is 2.06 bits per heavy atom. The van der Waals surface area contributed by atoms with Crippen LogP contribution in [0, 0.1) is 18.7 Å². The molecule has 1 saturated heterocycles. The molecule has 0 saturated carbocycles. The van der Waals surface area contributed by atoms with Crippen molar-refractivity contribution in [2.45, 2.75) is 26.0 Å². The Morgan fingerprint density at radius 1 is 1.26 bits per heavy atom. The molecule has 3 heterocycles. The van der Waals surface area contributed by atoms with Gasteiger partial charge in [0.25, 0.3) is 5.72 Å². The van der Waals surface area contributed by atoms with Crippen LogP contribution in [-0.4, -0.2) is 45.7 Å². The summed E-state index contributed by atoms with van der Waals surface area (Å²) < 4.78 is 21.1. The summed E-state index contributed by atoms with van der Waals surface area (Å²) in [4.78, 5) is 12.2. The number of benzene rings is 2. The van der Waals surface area contributed by atoms with Crippen molar-refractivity contribution in [2.75, 3.05) is 20.3 Å². The molecule has 1 aromatic heterocycles. The molecule has 0 radical (unpaired) electrons. The number of oxime groups is 1. The zero-order chi connectivity index (χ0) is 23.9. The summed E-state index contributed by atoms with van der Waals surface area (Å²) in [6.07, 6.45) is 6.61. The summed E-state index contributed by atoms with van der Waals surface area (Å²) in [5.41, 5.74) is 3.29. The molecule has 5 rings (SSSR count). The number of amidine groups is 1. The molecule has 2 aromatic carbocycles. The lowest BCUT2D eigenvalue weighted by Crippen LogP contribution is -2.52. The van der Waals surface area contributed by atoms with E-state index in [0.29, 0.717) is 23.9 Å². The predicted molar refractivity (Wildman–Crippen MR) is 127 cm³/mol. The summed E-state index contributed by atoms with van der Waals surface area (Å²) in [6, 6.07) is 12.0. The van der Waals surface area contributed by atoms with Crippen LogP contribution >= 0.6 is 0 Å². The lowest BCUT2D eigenvalue weighted by atomic mass is 9.89. The second kappa shape index (κ2) is 8.61. The second-order valence-corrected chi connectivity index (χ2v) is 8.90. The van der Waals surface area contributed by atoms with Crippen LogP contribution in [0.1, 0.15) is 30.2 Å². The first-order chi connectivity index (χ1) is 16.4. The minimum atomic E-state index is -1.17. The molecule has 3 aromatic rings. The number of ether oxygens (including phenoxy) is 1. The predicted octanol–water partition coefficient (Wildman–Crippen LogP) is 4.24. The minimum absolute atomic E-state index is 0.299. The van der Waals surface area contributed by atoms with Crippen molar-refractivity contribution >= 4 is 11.9 Å². The molecule has 7 nitrogen and oxygen atoms in total. The van der Waals surface area contributed by atoms with Gasteiger partial charge in [-0.25, -0.2) is 9.37 Å². The van der Waals surface area contributed by atoms with Crippen LogP contribution in [0.3, 0.4) is 0 Å². The van der Waals surface area contributed by atoms with E-state index in [1.165, 1.54) is 12.1 Å². The van der Waals surface area contributed by atoms with Gasteiger partial charge < -0.3 is 24.1 Å². The topological polar surface area (TPSA) is 72.1 Å². The van der Waals surface area contributed by atoms with Gasteiger partial charge in [-0.15, -0.1) is 0 Å². The molecule has 2 unspecified atom stereocenters. The lowest BCUT2D eigenvalue weighted by molar-refractivity contribution is -0.140. The van der Waals surface area contributed by atoms with Gasteiger partial charge in [-0.1, -0.05) is 18.1 Å². The number of hydrogen-bond donors (Lipinski definition) is 1. The highest BCUT2D eigenvalue weighted by Crippen LogP contribution is 2.41. The Morgan fingerprint density at radius 3 is 2.74 bits per heavy atom. The Labute approximate surface area is 197 Å². The maximum absolute atomic E-state index is 13.5. The van der Waals surface area contributed by atoms with Gasteiger partial charge in [0.1, 0.15) is 18.2 Å². The molecule has 0 spiro atoms. The molecule has 8 heteroatoms. The zero-order valence-corrected chi connectivity index (χ0v) is 19.4. The molecule has 176 valence electrons. The molecule has 0 aliphatic carbocycles. The number of nitrogens with zero attached hydrogens (tertiary/aromatic N) is 4. The van der Waals surface area contributed by atoms with Crippen molar-refractivity contribution in [1.29, 1.82) is 0 Å². The number of aliphatic hydroxyl groups is 1. The molecular formula is C26H27FN4O3. The van der Waals surface area contributed by atoms with Crippen LogP contribution in [0.2, 0.25) is 0 Å². The van der Waals surface area contributed by atoms with Crippen LogP contribution in [0.4, 0.5) is 4.39 Å². The molecule has 2 aliphatic heterocycles. The van der Waals surface area contributed by atoms with Gasteiger partial charge in [-0.3, -0.25) is 0 Å². The fourth-order valence-corrected chi connectivity index (χ4v) is 4.70. The number of rotatable bonds is 5. The Kier molecular flexibility index (Phi) is 5.61. The Balaban J connectivity index is 1.50. The van der Waals surface area contributed by atoms with Crippen LogP contribution in [-0.2, 0) is 10.6 Å². The average Bonchev–Trinajstić information content (AvgIpc) is 3.43. The third-order valence-corrected chi connectivity index (χ3v) is 6.37. The molecule has 0 bridgehead atoms. The first-order valence-corrected chi connectivity index (χ1v) is 11.2. The van der Waals surface area contributed by atoms with E-state index in [1.807, 2.05) is 40.8 Å². The quantitative estimate of drug-likeness (QED) is 0.614. The standard InChI is InChI=1S/C26H27FN4O3/c1-17-10-20(11-19-4-9-23(24(12-19)33-3)30-14-18(2)28-16-30)25-29-34-26(15-32,31(25)13-17)21-5-7-22(27)8-6-21/h4-9,11-12,14,16-17,32H,10,13,15H2,1-3H3. The van der Waals surface area contributed by atoms with Gasteiger partial charge in [0, 0.05) is 18.3 Å². The second-order valence-electron chi connectivity index (χ2n) is 8.90. The number of hydrogen-bond acceptors (Lipinski definition) is 6. The number of imidazole rings is 1. The monoisotopic (exact) mass is 462 g/mol. The van der Waals surface area contributed by atoms with Crippen molar-refractivity contribution < 1.29 is 19.1 Å². The highest BCUT2D eigenvalue weighted by Gasteiger charge is 2.50. The fraction of sp³-hybridized carbons (Fsp3) is 0.308. The van der Waals surface area contributed by atoms with E-state index in [9.17, 15) is 9.50 Å². The number of aliphatic hydroxyl groups excluding tert-OH is 1. The summed E-state index contributed by atoms with van der Waals surface area (Å²) >= 11 is 0. The molecule has 1 fully saturated rings. The van der Waals surface area contributed by atoms with Crippen molar-refractivity contribution in [3.63, 3.8) is 0 Å². The number of fused-ring (bicyclic) bond motifs is 1. The first-order valence-electron chi connectivity index (χ1n) is 11.2. The number of halogens is 1. The summed E-state index contributed by atoms with van der Waals surface area (Å²) in [7, 11) is 1.65. The lowest BCUT2D eigenvalue weighted by Gasteiger charge is -2.41. The number of aryl methyl sites for hydroxylation is 1. The van der Waals surface area contributed by atoms with Crippen LogP contribution < -0.4 is 4.74 Å². The summed E-state index contributed by atoms with van der Waals surface area (Å²) in [5.74, 6) is 1.37. The maximum Gasteiger partial charge on any atom is 0.260 e. The Bertz CT molecular complexity index is 1270. The van der Waals surface area contributed by atoms with E-state index in [4.69, 9.17) is 9.57 Å². The van der Waals surface area contributed by atoms with E-state index in [0.717, 1.165) is 34.7 Å². The van der Waals surface area contributed by atoms with Gasteiger partial charge in [0.05, 0.1) is 24.8 Å². The van der Waals surface area contributed by atoms with Crippen LogP contribution in [0.5, 0.6) is 5.75 Å². The van der Waals surface area contributed by atoms with Crippen LogP contribution in [0.15, 0.2) is 65.7 Å². The number of methoxy groups -OCH3 is 1. The number of piperidine rings is 1. The third kappa shape index (κ3) is 3.74.